The van der Waals surface area contributed by atoms with Gasteiger partial charge in [0, 0.05) is 18.0 Å². The molecule has 2 aliphatic rings. The standard InChI is InChI=1S/C19H25N3/c1-14-7-6-10-16(13-14)22-19-17(11-4-5-12-20-19)18(21-22)15-8-2-3-9-15/h6-7,10,13,15,20H,2-5,8-9,11-12H2,1H3. The summed E-state index contributed by atoms with van der Waals surface area (Å²) in [6, 6.07) is 8.69. The van der Waals surface area contributed by atoms with Crippen molar-refractivity contribution in [3.63, 3.8) is 0 Å². The minimum absolute atomic E-state index is 0.680. The van der Waals surface area contributed by atoms with Gasteiger partial charge >= 0.3 is 0 Å². The Morgan fingerprint density at radius 3 is 2.82 bits per heavy atom. The number of benzene rings is 1. The second-order valence-corrected chi connectivity index (χ2v) is 6.83. The number of nitrogens with one attached hydrogen (secondary N) is 1. The molecule has 0 bridgehead atoms. The first kappa shape index (κ1) is 13.9. The molecule has 0 radical (unpaired) electrons. The van der Waals surface area contributed by atoms with Gasteiger partial charge in [0.2, 0.25) is 0 Å². The van der Waals surface area contributed by atoms with Gasteiger partial charge in [-0.05, 0) is 56.7 Å². The number of hydrogen-bond acceptors (Lipinski definition) is 2. The molecule has 1 aromatic carbocycles. The van der Waals surface area contributed by atoms with Gasteiger partial charge in [0.15, 0.2) is 0 Å². The van der Waals surface area contributed by atoms with Crippen molar-refractivity contribution < 1.29 is 0 Å². The summed E-state index contributed by atoms with van der Waals surface area (Å²) < 4.78 is 2.17. The lowest BCUT2D eigenvalue weighted by Crippen LogP contribution is -2.07. The molecule has 2 heterocycles. The van der Waals surface area contributed by atoms with Crippen LogP contribution in [0.1, 0.15) is 61.3 Å². The monoisotopic (exact) mass is 295 g/mol. The molecule has 22 heavy (non-hydrogen) atoms. The Labute approximate surface area is 132 Å². The van der Waals surface area contributed by atoms with Gasteiger partial charge in [-0.2, -0.15) is 5.10 Å². The zero-order valence-corrected chi connectivity index (χ0v) is 13.4. The molecule has 0 spiro atoms. The highest BCUT2D eigenvalue weighted by atomic mass is 15.3. The lowest BCUT2D eigenvalue weighted by Gasteiger charge is -2.09. The van der Waals surface area contributed by atoms with Crippen LogP contribution in [-0.2, 0) is 6.42 Å². The lowest BCUT2D eigenvalue weighted by atomic mass is 9.97. The van der Waals surface area contributed by atoms with E-state index in [0.29, 0.717) is 5.92 Å². The van der Waals surface area contributed by atoms with Crippen molar-refractivity contribution >= 4 is 5.82 Å². The minimum atomic E-state index is 0.680. The molecule has 0 amide bonds. The number of nitrogens with zero attached hydrogens (tertiary/aromatic N) is 2. The SMILES string of the molecule is Cc1cccc(-n2nc(C3CCCC3)c3c2NCCCC3)c1. The molecule has 1 fully saturated rings. The molecular weight excluding hydrogens is 270 g/mol. The van der Waals surface area contributed by atoms with Crippen molar-refractivity contribution in [2.24, 2.45) is 0 Å². The van der Waals surface area contributed by atoms with E-state index in [0.717, 1.165) is 6.54 Å². The third-order valence-electron chi connectivity index (χ3n) is 5.15. The summed E-state index contributed by atoms with van der Waals surface area (Å²) in [6.45, 7) is 3.21. The Bertz CT molecular complexity index is 665. The number of anilines is 1. The predicted octanol–water partition coefficient (Wildman–Crippen LogP) is 4.59. The largest absolute Gasteiger partial charge is 0.370 e. The third kappa shape index (κ3) is 2.43. The van der Waals surface area contributed by atoms with Crippen LogP contribution in [0.25, 0.3) is 5.69 Å². The van der Waals surface area contributed by atoms with Crippen molar-refractivity contribution in [3.8, 4) is 5.69 Å². The molecule has 1 aliphatic heterocycles. The fourth-order valence-electron chi connectivity index (χ4n) is 4.00. The highest BCUT2D eigenvalue weighted by Gasteiger charge is 2.27. The van der Waals surface area contributed by atoms with Crippen LogP contribution in [0.2, 0.25) is 0 Å². The van der Waals surface area contributed by atoms with Crippen LogP contribution >= 0.6 is 0 Å². The van der Waals surface area contributed by atoms with Crippen LogP contribution in [0, 0.1) is 6.92 Å². The highest BCUT2D eigenvalue weighted by molar-refractivity contribution is 5.55. The molecule has 116 valence electrons. The van der Waals surface area contributed by atoms with Crippen molar-refractivity contribution in [3.05, 3.63) is 41.1 Å². The summed E-state index contributed by atoms with van der Waals surface area (Å²) in [5, 5.41) is 8.74. The Hall–Kier alpha value is -1.77. The van der Waals surface area contributed by atoms with Crippen LogP contribution in [0.5, 0.6) is 0 Å². The van der Waals surface area contributed by atoms with Gasteiger partial charge in [-0.25, -0.2) is 4.68 Å². The summed E-state index contributed by atoms with van der Waals surface area (Å²) in [6.07, 6.45) is 9.08. The third-order valence-corrected chi connectivity index (χ3v) is 5.15. The predicted molar refractivity (Wildman–Crippen MR) is 90.9 cm³/mol. The van der Waals surface area contributed by atoms with E-state index in [1.54, 1.807) is 0 Å². The number of fused-ring (bicyclic) bond motifs is 1. The van der Waals surface area contributed by atoms with E-state index < -0.39 is 0 Å². The number of rotatable bonds is 2. The molecule has 0 saturated heterocycles. The minimum Gasteiger partial charge on any atom is -0.370 e. The summed E-state index contributed by atoms with van der Waals surface area (Å²) in [5.41, 5.74) is 5.35. The number of aromatic nitrogens is 2. The van der Waals surface area contributed by atoms with Crippen LogP contribution in [0.15, 0.2) is 24.3 Å². The molecule has 0 unspecified atom stereocenters. The molecule has 1 N–H and O–H groups in total. The van der Waals surface area contributed by atoms with E-state index in [2.05, 4.69) is 41.2 Å². The van der Waals surface area contributed by atoms with Crippen molar-refractivity contribution in [1.29, 1.82) is 0 Å². The van der Waals surface area contributed by atoms with E-state index in [1.165, 1.54) is 73.3 Å². The van der Waals surface area contributed by atoms with Crippen LogP contribution in [0.4, 0.5) is 5.82 Å². The zero-order valence-electron chi connectivity index (χ0n) is 13.4. The summed E-state index contributed by atoms with van der Waals surface area (Å²) in [5.74, 6) is 1.93. The Morgan fingerprint density at radius 2 is 2.00 bits per heavy atom. The average Bonchev–Trinajstić information content (AvgIpc) is 3.09. The highest BCUT2D eigenvalue weighted by Crippen LogP contribution is 2.39. The molecule has 0 atom stereocenters. The van der Waals surface area contributed by atoms with Gasteiger partial charge < -0.3 is 5.32 Å². The first-order valence-electron chi connectivity index (χ1n) is 8.75. The Kier molecular flexibility index (Phi) is 3.65. The van der Waals surface area contributed by atoms with Crippen LogP contribution < -0.4 is 5.32 Å². The summed E-state index contributed by atoms with van der Waals surface area (Å²) in [7, 11) is 0. The average molecular weight is 295 g/mol. The lowest BCUT2D eigenvalue weighted by molar-refractivity contribution is 0.663. The second-order valence-electron chi connectivity index (χ2n) is 6.83. The molecule has 1 saturated carbocycles. The Morgan fingerprint density at radius 1 is 1.14 bits per heavy atom. The van der Waals surface area contributed by atoms with Gasteiger partial charge in [-0.1, -0.05) is 25.0 Å². The van der Waals surface area contributed by atoms with Gasteiger partial charge in [0.25, 0.3) is 0 Å². The maximum Gasteiger partial charge on any atom is 0.133 e. The van der Waals surface area contributed by atoms with Crippen LogP contribution in [0.3, 0.4) is 0 Å². The smallest absolute Gasteiger partial charge is 0.133 e. The van der Waals surface area contributed by atoms with Crippen molar-refractivity contribution in [1.82, 2.24) is 9.78 Å². The Balaban J connectivity index is 1.83. The molecule has 3 heteroatoms. The first-order valence-corrected chi connectivity index (χ1v) is 8.75. The maximum absolute atomic E-state index is 5.08. The number of hydrogen-bond donors (Lipinski definition) is 1. The van der Waals surface area contributed by atoms with Crippen molar-refractivity contribution in [2.75, 3.05) is 11.9 Å². The van der Waals surface area contributed by atoms with Gasteiger partial charge in [0.05, 0.1) is 11.4 Å². The maximum atomic E-state index is 5.08. The van der Waals surface area contributed by atoms with E-state index in [1.807, 2.05) is 0 Å². The summed E-state index contributed by atoms with van der Waals surface area (Å²) >= 11 is 0. The van der Waals surface area contributed by atoms with Crippen LogP contribution in [-0.4, -0.2) is 16.3 Å². The van der Waals surface area contributed by atoms with E-state index in [4.69, 9.17) is 5.10 Å². The molecular formula is C19H25N3. The molecule has 1 aliphatic carbocycles. The van der Waals surface area contributed by atoms with Gasteiger partial charge in [-0.3, -0.25) is 0 Å². The van der Waals surface area contributed by atoms with E-state index >= 15 is 0 Å². The molecule has 1 aromatic heterocycles. The number of aryl methyl sites for hydroxylation is 1. The zero-order chi connectivity index (χ0) is 14.9. The normalized spacial score (nSPS) is 18.8. The van der Waals surface area contributed by atoms with Gasteiger partial charge in [0.1, 0.15) is 5.82 Å². The quantitative estimate of drug-likeness (QED) is 0.878. The van der Waals surface area contributed by atoms with Crippen molar-refractivity contribution in [2.45, 2.75) is 57.8 Å². The molecule has 4 rings (SSSR count). The van der Waals surface area contributed by atoms with E-state index in [9.17, 15) is 0 Å². The second kappa shape index (κ2) is 5.79. The van der Waals surface area contributed by atoms with Gasteiger partial charge in [-0.15, -0.1) is 0 Å². The summed E-state index contributed by atoms with van der Waals surface area (Å²) in [4.78, 5) is 0. The topological polar surface area (TPSA) is 29.9 Å². The fourth-order valence-corrected chi connectivity index (χ4v) is 4.00. The van der Waals surface area contributed by atoms with E-state index in [-0.39, 0.29) is 0 Å². The molecule has 3 nitrogen and oxygen atoms in total. The first-order chi connectivity index (χ1) is 10.8. The molecule has 2 aromatic rings. The fraction of sp³-hybridized carbons (Fsp3) is 0.526.